The van der Waals surface area contributed by atoms with Crippen LogP contribution in [0.1, 0.15) is 18.4 Å². The lowest BCUT2D eigenvalue weighted by Crippen LogP contribution is -2.48. The molecule has 1 aliphatic heterocycles. The summed E-state index contributed by atoms with van der Waals surface area (Å²) in [6.45, 7) is 1.84. The lowest BCUT2D eigenvalue weighted by molar-refractivity contribution is -0.141. The number of benzene rings is 2. The molecule has 30 heavy (non-hydrogen) atoms. The fraction of sp³-hybridized carbons (Fsp3) is 0.333. The normalized spacial score (nSPS) is 18.3. The zero-order chi connectivity index (χ0) is 20.8. The molecule has 1 aliphatic rings. The van der Waals surface area contributed by atoms with Crippen molar-refractivity contribution in [3.63, 3.8) is 0 Å². The quantitative estimate of drug-likeness (QED) is 0.623. The Morgan fingerprint density at radius 3 is 2.93 bits per heavy atom. The Balaban J connectivity index is 1.49. The van der Waals surface area contributed by atoms with Crippen LogP contribution in [0.25, 0.3) is 11.1 Å². The third kappa shape index (κ3) is 4.39. The van der Waals surface area contributed by atoms with E-state index >= 15 is 0 Å². The van der Waals surface area contributed by atoms with E-state index < -0.39 is 5.60 Å². The van der Waals surface area contributed by atoms with Crippen LogP contribution in [-0.4, -0.2) is 41.3 Å². The standard InChI is InChI=1S/C24H27N3O3/c1-29-22-9-3-2-8-21(22)20-7-4-6-19(16-20)17-24(10-5-15-30-24)23(28)26-12-14-27-13-11-25-18-27/h2-4,6-9,11,13,16,18H,5,10,12,14-15,17H2,1H3,(H,26,28)/t24-/m1/s1. The van der Waals surface area contributed by atoms with Crippen LogP contribution in [0.2, 0.25) is 0 Å². The molecule has 0 bridgehead atoms. The van der Waals surface area contributed by atoms with E-state index in [1.165, 1.54) is 0 Å². The van der Waals surface area contributed by atoms with Gasteiger partial charge in [0.25, 0.3) is 5.91 Å². The number of carbonyl (C=O) groups is 1. The minimum absolute atomic E-state index is 0.0391. The first-order valence-electron chi connectivity index (χ1n) is 10.3. The molecule has 1 saturated heterocycles. The highest BCUT2D eigenvalue weighted by Crippen LogP contribution is 2.33. The third-order valence-electron chi connectivity index (χ3n) is 5.57. The average Bonchev–Trinajstić information content (AvgIpc) is 3.47. The number of methoxy groups -OCH3 is 1. The van der Waals surface area contributed by atoms with Gasteiger partial charge in [0, 0.05) is 44.1 Å². The van der Waals surface area contributed by atoms with Crippen LogP contribution in [-0.2, 0) is 22.5 Å². The molecule has 156 valence electrons. The molecule has 0 saturated carbocycles. The molecule has 1 amide bonds. The van der Waals surface area contributed by atoms with Gasteiger partial charge < -0.3 is 19.4 Å². The van der Waals surface area contributed by atoms with E-state index in [0.29, 0.717) is 26.1 Å². The van der Waals surface area contributed by atoms with Crippen molar-refractivity contribution < 1.29 is 14.3 Å². The van der Waals surface area contributed by atoms with E-state index in [4.69, 9.17) is 9.47 Å². The van der Waals surface area contributed by atoms with Gasteiger partial charge in [0.05, 0.1) is 13.4 Å². The van der Waals surface area contributed by atoms with Crippen molar-refractivity contribution in [2.24, 2.45) is 0 Å². The maximum atomic E-state index is 13.1. The number of ether oxygens (including phenoxy) is 2. The molecular weight excluding hydrogens is 378 g/mol. The highest BCUT2D eigenvalue weighted by molar-refractivity contribution is 5.86. The Bertz CT molecular complexity index is 979. The van der Waals surface area contributed by atoms with Crippen molar-refractivity contribution in [2.75, 3.05) is 20.3 Å². The molecule has 1 aromatic heterocycles. The molecule has 1 fully saturated rings. The van der Waals surface area contributed by atoms with Crippen molar-refractivity contribution in [1.82, 2.24) is 14.9 Å². The van der Waals surface area contributed by atoms with Crippen LogP contribution in [0, 0.1) is 0 Å². The van der Waals surface area contributed by atoms with Gasteiger partial charge >= 0.3 is 0 Å². The van der Waals surface area contributed by atoms with E-state index in [1.54, 1.807) is 19.6 Å². The van der Waals surface area contributed by atoms with Crippen molar-refractivity contribution >= 4 is 5.91 Å². The van der Waals surface area contributed by atoms with Crippen molar-refractivity contribution in [3.8, 4) is 16.9 Å². The number of nitrogens with one attached hydrogen (secondary N) is 1. The van der Waals surface area contributed by atoms with Crippen LogP contribution in [0.5, 0.6) is 5.75 Å². The average molecular weight is 405 g/mol. The van der Waals surface area contributed by atoms with Gasteiger partial charge in [0.2, 0.25) is 0 Å². The smallest absolute Gasteiger partial charge is 0.252 e. The lowest BCUT2D eigenvalue weighted by atomic mass is 9.89. The fourth-order valence-corrected chi connectivity index (χ4v) is 4.04. The molecule has 0 radical (unpaired) electrons. The zero-order valence-electron chi connectivity index (χ0n) is 17.2. The highest BCUT2D eigenvalue weighted by Gasteiger charge is 2.42. The Morgan fingerprint density at radius 2 is 2.17 bits per heavy atom. The van der Waals surface area contributed by atoms with Gasteiger partial charge in [-0.2, -0.15) is 0 Å². The molecule has 0 unspecified atom stereocenters. The Hall–Kier alpha value is -3.12. The summed E-state index contributed by atoms with van der Waals surface area (Å²) in [6.07, 6.45) is 7.53. The molecule has 0 spiro atoms. The van der Waals surface area contributed by atoms with E-state index in [9.17, 15) is 4.79 Å². The van der Waals surface area contributed by atoms with Gasteiger partial charge in [-0.25, -0.2) is 4.98 Å². The van der Waals surface area contributed by atoms with Gasteiger partial charge in [-0.05, 0) is 30.0 Å². The second kappa shape index (κ2) is 9.13. The predicted molar refractivity (Wildman–Crippen MR) is 115 cm³/mol. The Labute approximate surface area is 176 Å². The number of aromatic nitrogens is 2. The molecule has 0 aliphatic carbocycles. The summed E-state index contributed by atoms with van der Waals surface area (Å²) in [6, 6.07) is 16.2. The topological polar surface area (TPSA) is 65.4 Å². The van der Waals surface area contributed by atoms with Crippen LogP contribution >= 0.6 is 0 Å². The van der Waals surface area contributed by atoms with Gasteiger partial charge in [-0.1, -0.05) is 42.5 Å². The second-order valence-electron chi connectivity index (χ2n) is 7.58. The molecule has 6 nitrogen and oxygen atoms in total. The minimum atomic E-state index is -0.811. The van der Waals surface area contributed by atoms with E-state index in [2.05, 4.69) is 28.5 Å². The summed E-state index contributed by atoms with van der Waals surface area (Å²) in [7, 11) is 1.68. The summed E-state index contributed by atoms with van der Waals surface area (Å²) in [5, 5.41) is 3.06. The molecule has 2 aromatic carbocycles. The number of amides is 1. The van der Waals surface area contributed by atoms with Crippen LogP contribution in [0.15, 0.2) is 67.3 Å². The second-order valence-corrected chi connectivity index (χ2v) is 7.58. The molecule has 4 rings (SSSR count). The first kappa shape index (κ1) is 20.2. The lowest BCUT2D eigenvalue weighted by Gasteiger charge is -2.27. The molecule has 2 heterocycles. The van der Waals surface area contributed by atoms with Gasteiger partial charge in [-0.15, -0.1) is 0 Å². The minimum Gasteiger partial charge on any atom is -0.496 e. The van der Waals surface area contributed by atoms with Crippen molar-refractivity contribution in [3.05, 3.63) is 72.8 Å². The number of nitrogens with zero attached hydrogens (tertiary/aromatic N) is 2. The number of para-hydroxylation sites is 1. The third-order valence-corrected chi connectivity index (χ3v) is 5.57. The monoisotopic (exact) mass is 405 g/mol. The van der Waals surface area contributed by atoms with Gasteiger partial charge in [-0.3, -0.25) is 4.79 Å². The maximum absolute atomic E-state index is 13.1. The summed E-state index contributed by atoms with van der Waals surface area (Å²) < 4.78 is 13.5. The van der Waals surface area contributed by atoms with Gasteiger partial charge in [0.1, 0.15) is 5.75 Å². The number of rotatable bonds is 8. The first-order valence-corrected chi connectivity index (χ1v) is 10.3. The molecule has 3 aromatic rings. The first-order chi connectivity index (χ1) is 14.7. The number of hydrogen-bond acceptors (Lipinski definition) is 4. The summed E-state index contributed by atoms with van der Waals surface area (Å²) in [5.74, 6) is 0.793. The largest absolute Gasteiger partial charge is 0.496 e. The van der Waals surface area contributed by atoms with E-state index in [-0.39, 0.29) is 5.91 Å². The number of imidazole rings is 1. The van der Waals surface area contributed by atoms with Gasteiger partial charge in [0.15, 0.2) is 5.60 Å². The molecule has 6 heteroatoms. The summed E-state index contributed by atoms with van der Waals surface area (Å²) >= 11 is 0. The highest BCUT2D eigenvalue weighted by atomic mass is 16.5. The molecular formula is C24H27N3O3. The molecule has 1 N–H and O–H groups in total. The van der Waals surface area contributed by atoms with Crippen LogP contribution in [0.3, 0.4) is 0 Å². The predicted octanol–water partition coefficient (Wildman–Crippen LogP) is 3.47. The van der Waals surface area contributed by atoms with E-state index in [0.717, 1.165) is 35.3 Å². The van der Waals surface area contributed by atoms with E-state index in [1.807, 2.05) is 41.1 Å². The Morgan fingerprint density at radius 1 is 1.27 bits per heavy atom. The zero-order valence-corrected chi connectivity index (χ0v) is 17.2. The number of hydrogen-bond donors (Lipinski definition) is 1. The summed E-state index contributed by atoms with van der Waals surface area (Å²) in [5.41, 5.74) is 2.37. The maximum Gasteiger partial charge on any atom is 0.252 e. The van der Waals surface area contributed by atoms with Crippen molar-refractivity contribution in [2.45, 2.75) is 31.4 Å². The van der Waals surface area contributed by atoms with Crippen LogP contribution < -0.4 is 10.1 Å². The fourth-order valence-electron chi connectivity index (χ4n) is 4.04. The molecule has 1 atom stereocenters. The number of carbonyl (C=O) groups excluding carboxylic acids is 1. The summed E-state index contributed by atoms with van der Waals surface area (Å²) in [4.78, 5) is 17.1. The SMILES string of the molecule is COc1ccccc1-c1cccc(C[C@@]2(C(=O)NCCn3ccnc3)CCCO2)c1. The van der Waals surface area contributed by atoms with Crippen molar-refractivity contribution in [1.29, 1.82) is 0 Å². The Kier molecular flexibility index (Phi) is 6.14. The van der Waals surface area contributed by atoms with Crippen LogP contribution in [0.4, 0.5) is 0 Å².